The molecule has 122 valence electrons. The van der Waals surface area contributed by atoms with Gasteiger partial charge >= 0.3 is 0 Å². The second-order valence-corrected chi connectivity index (χ2v) is 6.74. The molecule has 0 saturated heterocycles. The summed E-state index contributed by atoms with van der Waals surface area (Å²) >= 11 is 1.40. The lowest BCUT2D eigenvalue weighted by molar-refractivity contribution is 0.0995. The molecule has 1 atom stereocenters. The Balaban J connectivity index is 1.77. The summed E-state index contributed by atoms with van der Waals surface area (Å²) in [6.45, 7) is 1.72. The first-order valence-electron chi connectivity index (χ1n) is 7.69. The molecule has 1 N–H and O–H groups in total. The Bertz CT molecular complexity index is 850. The van der Waals surface area contributed by atoms with Crippen LogP contribution in [0.5, 0.6) is 0 Å². The fraction of sp³-hybridized carbons (Fsp3) is 0.150. The molecule has 0 aliphatic rings. The summed E-state index contributed by atoms with van der Waals surface area (Å²) in [5, 5.41) is 9.55. The van der Waals surface area contributed by atoms with Crippen LogP contribution in [0.25, 0.3) is 10.4 Å². The van der Waals surface area contributed by atoms with E-state index < -0.39 is 6.10 Å². The highest BCUT2D eigenvalue weighted by Crippen LogP contribution is 2.30. The summed E-state index contributed by atoms with van der Waals surface area (Å²) < 4.78 is 13.7. The third-order valence-electron chi connectivity index (χ3n) is 3.87. The number of benzene rings is 2. The third-order valence-corrected chi connectivity index (χ3v) is 5.04. The molecule has 0 amide bonds. The summed E-state index contributed by atoms with van der Waals surface area (Å²) in [6.07, 6.45) is -0.437. The fourth-order valence-corrected chi connectivity index (χ4v) is 3.42. The van der Waals surface area contributed by atoms with Crippen LogP contribution in [0.3, 0.4) is 0 Å². The molecule has 2 nitrogen and oxygen atoms in total. The molecular weight excluding hydrogens is 323 g/mol. The Morgan fingerprint density at radius 1 is 1.08 bits per heavy atom. The molecular formula is C20H17FO2S. The van der Waals surface area contributed by atoms with Crippen molar-refractivity contribution in [1.29, 1.82) is 0 Å². The van der Waals surface area contributed by atoms with Gasteiger partial charge in [0.2, 0.25) is 0 Å². The number of rotatable bonds is 5. The fourth-order valence-electron chi connectivity index (χ4n) is 2.47. The van der Waals surface area contributed by atoms with Gasteiger partial charge in [0.05, 0.1) is 11.0 Å². The zero-order valence-corrected chi connectivity index (χ0v) is 14.0. The normalized spacial score (nSPS) is 12.1. The van der Waals surface area contributed by atoms with Gasteiger partial charge in [0.1, 0.15) is 5.82 Å². The predicted octanol–water partition coefficient (Wildman–Crippen LogP) is 5.03. The number of carbonyl (C=O) groups is 1. The number of aliphatic hydroxyl groups excluding tert-OH is 1. The van der Waals surface area contributed by atoms with Gasteiger partial charge in [0.25, 0.3) is 0 Å². The minimum Gasteiger partial charge on any atom is -0.389 e. The number of carbonyl (C=O) groups excluding carboxylic acids is 1. The van der Waals surface area contributed by atoms with Gasteiger partial charge in [-0.05, 0) is 41.8 Å². The van der Waals surface area contributed by atoms with Crippen LogP contribution in [0, 0.1) is 5.82 Å². The SMILES string of the molecule is CC(O)c1ccc(-c2ccc(C(=O)Cc3ccccc3F)s2)cc1. The average molecular weight is 340 g/mol. The Morgan fingerprint density at radius 2 is 1.79 bits per heavy atom. The molecule has 1 heterocycles. The number of hydrogen-bond acceptors (Lipinski definition) is 3. The molecule has 0 fully saturated rings. The first kappa shape index (κ1) is 16.6. The molecule has 0 saturated carbocycles. The van der Waals surface area contributed by atoms with Crippen molar-refractivity contribution in [3.05, 3.63) is 82.5 Å². The molecule has 3 rings (SSSR count). The summed E-state index contributed by atoms with van der Waals surface area (Å²) in [4.78, 5) is 14.0. The molecule has 0 radical (unpaired) electrons. The molecule has 0 aliphatic carbocycles. The van der Waals surface area contributed by atoms with Gasteiger partial charge in [-0.25, -0.2) is 4.39 Å². The van der Waals surface area contributed by atoms with E-state index in [9.17, 15) is 14.3 Å². The standard InChI is InChI=1S/C20H17FO2S/c1-13(22)14-6-8-15(9-7-14)19-10-11-20(24-19)18(23)12-16-4-2-3-5-17(16)21/h2-11,13,22H,12H2,1H3. The van der Waals surface area contributed by atoms with Crippen LogP contribution in [-0.4, -0.2) is 10.9 Å². The number of Topliss-reactive ketones (excluding diaryl/α,β-unsaturated/α-hetero) is 1. The van der Waals surface area contributed by atoms with Gasteiger partial charge in [-0.15, -0.1) is 11.3 Å². The largest absolute Gasteiger partial charge is 0.389 e. The molecule has 3 aromatic rings. The van der Waals surface area contributed by atoms with Crippen LogP contribution >= 0.6 is 11.3 Å². The van der Waals surface area contributed by atoms with E-state index in [0.717, 1.165) is 16.0 Å². The van der Waals surface area contributed by atoms with E-state index in [1.165, 1.54) is 17.4 Å². The van der Waals surface area contributed by atoms with E-state index in [1.807, 2.05) is 30.3 Å². The maximum Gasteiger partial charge on any atom is 0.177 e. The van der Waals surface area contributed by atoms with Crippen molar-refractivity contribution in [1.82, 2.24) is 0 Å². The van der Waals surface area contributed by atoms with E-state index in [1.54, 1.807) is 31.2 Å². The highest BCUT2D eigenvalue weighted by Gasteiger charge is 2.13. The van der Waals surface area contributed by atoms with Crippen LogP contribution in [0.15, 0.2) is 60.7 Å². The summed E-state index contributed by atoms with van der Waals surface area (Å²) in [7, 11) is 0. The monoisotopic (exact) mass is 340 g/mol. The minimum atomic E-state index is -0.500. The summed E-state index contributed by atoms with van der Waals surface area (Å²) in [6, 6.07) is 17.6. The van der Waals surface area contributed by atoms with Crippen molar-refractivity contribution >= 4 is 17.1 Å². The second kappa shape index (κ2) is 7.07. The lowest BCUT2D eigenvalue weighted by Crippen LogP contribution is -2.02. The molecule has 2 aromatic carbocycles. The van der Waals surface area contributed by atoms with Gasteiger partial charge in [-0.1, -0.05) is 42.5 Å². The smallest absolute Gasteiger partial charge is 0.177 e. The van der Waals surface area contributed by atoms with Gasteiger partial charge < -0.3 is 5.11 Å². The van der Waals surface area contributed by atoms with E-state index in [0.29, 0.717) is 10.4 Å². The van der Waals surface area contributed by atoms with Gasteiger partial charge in [-0.3, -0.25) is 4.79 Å². The highest BCUT2D eigenvalue weighted by atomic mass is 32.1. The second-order valence-electron chi connectivity index (χ2n) is 5.65. The summed E-state index contributed by atoms with van der Waals surface area (Å²) in [5.74, 6) is -0.437. The first-order valence-corrected chi connectivity index (χ1v) is 8.51. The lowest BCUT2D eigenvalue weighted by Gasteiger charge is -2.05. The maximum absolute atomic E-state index is 13.7. The Morgan fingerprint density at radius 3 is 2.46 bits per heavy atom. The van der Waals surface area contributed by atoms with Crippen LogP contribution in [0.2, 0.25) is 0 Å². The molecule has 1 unspecified atom stereocenters. The number of halogens is 1. The van der Waals surface area contributed by atoms with E-state index in [2.05, 4.69) is 0 Å². The zero-order valence-electron chi connectivity index (χ0n) is 13.2. The Hall–Kier alpha value is -2.30. The maximum atomic E-state index is 13.7. The Kier molecular flexibility index (Phi) is 4.88. The highest BCUT2D eigenvalue weighted by molar-refractivity contribution is 7.17. The van der Waals surface area contributed by atoms with E-state index in [4.69, 9.17) is 0 Å². The predicted molar refractivity (Wildman–Crippen MR) is 94.8 cm³/mol. The lowest BCUT2D eigenvalue weighted by atomic mass is 10.1. The minimum absolute atomic E-state index is 0.0631. The summed E-state index contributed by atoms with van der Waals surface area (Å²) in [5.41, 5.74) is 2.26. The quantitative estimate of drug-likeness (QED) is 0.661. The van der Waals surface area contributed by atoms with Gasteiger partial charge in [-0.2, -0.15) is 0 Å². The third kappa shape index (κ3) is 3.61. The van der Waals surface area contributed by atoms with Crippen LogP contribution in [0.1, 0.15) is 33.8 Å². The van der Waals surface area contributed by atoms with Crippen molar-refractivity contribution in [2.24, 2.45) is 0 Å². The molecule has 0 aliphatic heterocycles. The van der Waals surface area contributed by atoms with Crippen LogP contribution in [0.4, 0.5) is 4.39 Å². The first-order chi connectivity index (χ1) is 11.5. The average Bonchev–Trinajstić information content (AvgIpc) is 3.07. The van der Waals surface area contributed by atoms with Crippen LogP contribution in [-0.2, 0) is 6.42 Å². The van der Waals surface area contributed by atoms with Crippen molar-refractivity contribution in [2.45, 2.75) is 19.4 Å². The van der Waals surface area contributed by atoms with Crippen molar-refractivity contribution in [3.63, 3.8) is 0 Å². The number of ketones is 1. The van der Waals surface area contributed by atoms with Crippen LogP contribution < -0.4 is 0 Å². The number of thiophene rings is 1. The van der Waals surface area contributed by atoms with Gasteiger partial charge in [0, 0.05) is 11.3 Å². The van der Waals surface area contributed by atoms with E-state index in [-0.39, 0.29) is 18.0 Å². The zero-order chi connectivity index (χ0) is 17.1. The number of hydrogen-bond donors (Lipinski definition) is 1. The van der Waals surface area contributed by atoms with Crippen molar-refractivity contribution < 1.29 is 14.3 Å². The molecule has 4 heteroatoms. The molecule has 0 bridgehead atoms. The van der Waals surface area contributed by atoms with Crippen molar-refractivity contribution in [3.8, 4) is 10.4 Å². The molecule has 0 spiro atoms. The molecule has 1 aromatic heterocycles. The van der Waals surface area contributed by atoms with Crippen molar-refractivity contribution in [2.75, 3.05) is 0 Å². The molecule has 24 heavy (non-hydrogen) atoms. The number of aliphatic hydroxyl groups is 1. The topological polar surface area (TPSA) is 37.3 Å². The van der Waals surface area contributed by atoms with E-state index >= 15 is 0 Å². The Labute approximate surface area is 144 Å². The van der Waals surface area contributed by atoms with Gasteiger partial charge in [0.15, 0.2) is 5.78 Å².